The molecule has 0 aliphatic rings. The van der Waals surface area contributed by atoms with Crippen LogP contribution in [0.2, 0.25) is 0 Å². The van der Waals surface area contributed by atoms with Crippen LogP contribution in [0.4, 0.5) is 0 Å². The number of nitrogens with one attached hydrogen (secondary N) is 1. The van der Waals surface area contributed by atoms with Gasteiger partial charge in [-0.25, -0.2) is 0 Å². The van der Waals surface area contributed by atoms with Crippen LogP contribution in [0.1, 0.15) is 373 Å². The van der Waals surface area contributed by atoms with E-state index >= 15 is 0 Å². The molecule has 0 saturated carbocycles. The van der Waals surface area contributed by atoms with Gasteiger partial charge in [-0.2, -0.15) is 0 Å². The number of amides is 1. The number of hydrogen-bond acceptors (Lipinski definition) is 5. The summed E-state index contributed by atoms with van der Waals surface area (Å²) in [7, 11) is 0. The van der Waals surface area contributed by atoms with Crippen molar-refractivity contribution in [2.24, 2.45) is 0 Å². The summed E-state index contributed by atoms with van der Waals surface area (Å²) in [5.74, 6) is -0.0720. The highest BCUT2D eigenvalue weighted by atomic mass is 16.5. The summed E-state index contributed by atoms with van der Waals surface area (Å²) in [4.78, 5) is 24.6. The van der Waals surface area contributed by atoms with Crippen molar-refractivity contribution >= 4 is 11.9 Å². The van der Waals surface area contributed by atoms with E-state index in [1.165, 1.54) is 295 Å². The smallest absolute Gasteiger partial charge is 0.305 e. The third kappa shape index (κ3) is 61.3. The molecule has 3 N–H and O–H groups in total. The predicted octanol–water partition coefficient (Wildman–Crippen LogP) is 21.9. The van der Waals surface area contributed by atoms with Crippen LogP contribution in [0.25, 0.3) is 0 Å². The van der Waals surface area contributed by atoms with Crippen LogP contribution in [0.15, 0.2) is 36.5 Å². The number of aliphatic hydroxyl groups is 2. The van der Waals surface area contributed by atoms with Gasteiger partial charge < -0.3 is 20.3 Å². The summed E-state index contributed by atoms with van der Waals surface area (Å²) < 4.78 is 5.50. The van der Waals surface area contributed by atoms with E-state index in [0.29, 0.717) is 19.4 Å². The van der Waals surface area contributed by atoms with E-state index in [2.05, 4.69) is 43.5 Å². The van der Waals surface area contributed by atoms with E-state index in [4.69, 9.17) is 4.74 Å². The van der Waals surface area contributed by atoms with Crippen molar-refractivity contribution in [1.82, 2.24) is 5.32 Å². The summed E-state index contributed by atoms with van der Waals surface area (Å²) in [6, 6.07) is -0.635. The van der Waals surface area contributed by atoms with Gasteiger partial charge in [0.15, 0.2) is 0 Å². The quantitative estimate of drug-likeness (QED) is 0.0320. The van der Waals surface area contributed by atoms with E-state index < -0.39 is 12.1 Å². The SMILES string of the molecule is CCCCC/C=C\C/C=C\CCCCCCCCCCCC(=O)OCCCCCCCCCCCCCCCCCCC(=O)NC(CO)C(O)/C=C/CCCCCCCCCCCCCCCCCCCCCCCC. The van der Waals surface area contributed by atoms with E-state index in [0.717, 1.165) is 51.4 Å². The van der Waals surface area contributed by atoms with Gasteiger partial charge in [-0.1, -0.05) is 333 Å². The third-order valence-electron chi connectivity index (χ3n) is 15.9. The van der Waals surface area contributed by atoms with E-state index in [1.54, 1.807) is 6.08 Å². The molecule has 0 aromatic carbocycles. The van der Waals surface area contributed by atoms with Crippen molar-refractivity contribution in [3.05, 3.63) is 36.5 Å². The number of esters is 1. The second-order valence-corrected chi connectivity index (χ2v) is 23.5. The monoisotopic (exact) mass is 1070 g/mol. The van der Waals surface area contributed by atoms with Gasteiger partial charge in [0, 0.05) is 12.8 Å². The van der Waals surface area contributed by atoms with Crippen molar-refractivity contribution in [2.45, 2.75) is 386 Å². The Bertz CT molecular complexity index is 1230. The first-order valence-electron chi connectivity index (χ1n) is 34.3. The van der Waals surface area contributed by atoms with E-state index in [-0.39, 0.29) is 18.5 Å². The van der Waals surface area contributed by atoms with Crippen molar-refractivity contribution in [2.75, 3.05) is 13.2 Å². The summed E-state index contributed by atoms with van der Waals surface area (Å²) in [5.41, 5.74) is 0. The molecule has 0 aliphatic carbocycles. The summed E-state index contributed by atoms with van der Waals surface area (Å²) in [5, 5.41) is 23.3. The first kappa shape index (κ1) is 74.1. The summed E-state index contributed by atoms with van der Waals surface area (Å²) in [6.07, 6.45) is 83.4. The molecule has 1 amide bonds. The van der Waals surface area contributed by atoms with E-state index in [9.17, 15) is 19.8 Å². The Kier molecular flexibility index (Phi) is 63.9. The van der Waals surface area contributed by atoms with Gasteiger partial charge >= 0.3 is 5.97 Å². The Morgan fingerprint density at radius 1 is 0.368 bits per heavy atom. The lowest BCUT2D eigenvalue weighted by atomic mass is 10.0. The molecule has 0 spiro atoms. The lowest BCUT2D eigenvalue weighted by Crippen LogP contribution is -2.45. The topological polar surface area (TPSA) is 95.9 Å². The average molecular weight is 1070 g/mol. The van der Waals surface area contributed by atoms with Crippen LogP contribution < -0.4 is 5.32 Å². The highest BCUT2D eigenvalue weighted by Gasteiger charge is 2.18. The van der Waals surface area contributed by atoms with Crippen LogP contribution >= 0.6 is 0 Å². The molecule has 0 heterocycles. The zero-order valence-corrected chi connectivity index (χ0v) is 51.3. The third-order valence-corrected chi connectivity index (χ3v) is 15.9. The predicted molar refractivity (Wildman–Crippen MR) is 333 cm³/mol. The molecule has 0 rings (SSSR count). The lowest BCUT2D eigenvalue weighted by molar-refractivity contribution is -0.143. The molecule has 448 valence electrons. The van der Waals surface area contributed by atoms with Gasteiger partial charge in [-0.3, -0.25) is 9.59 Å². The minimum Gasteiger partial charge on any atom is -0.466 e. The van der Waals surface area contributed by atoms with Gasteiger partial charge in [0.05, 0.1) is 25.4 Å². The molecule has 0 radical (unpaired) electrons. The van der Waals surface area contributed by atoms with Gasteiger partial charge in [0.1, 0.15) is 0 Å². The zero-order chi connectivity index (χ0) is 55.0. The van der Waals surface area contributed by atoms with E-state index in [1.807, 2.05) is 6.08 Å². The van der Waals surface area contributed by atoms with Crippen molar-refractivity contribution < 1.29 is 24.5 Å². The van der Waals surface area contributed by atoms with Crippen LogP contribution in [-0.2, 0) is 14.3 Å². The fourth-order valence-corrected chi connectivity index (χ4v) is 10.7. The number of allylic oxidation sites excluding steroid dienone is 5. The van der Waals surface area contributed by atoms with Gasteiger partial charge in [0.2, 0.25) is 5.91 Å². The Labute approximate surface area is 474 Å². The maximum absolute atomic E-state index is 12.5. The largest absolute Gasteiger partial charge is 0.466 e. The highest BCUT2D eigenvalue weighted by molar-refractivity contribution is 5.76. The molecule has 0 aromatic heterocycles. The molecule has 0 aromatic rings. The number of rotatable bonds is 64. The highest BCUT2D eigenvalue weighted by Crippen LogP contribution is 2.18. The first-order valence-corrected chi connectivity index (χ1v) is 34.3. The standard InChI is InChI=1S/C70H133NO5/c1-3-5-7-9-11-13-15-17-19-21-23-24-25-26-27-29-30-34-38-42-46-50-54-58-62-68(73)67(66-72)71-69(74)63-59-55-51-47-43-39-35-32-33-37-41-45-49-53-57-61-65-76-70(75)64-60-56-52-48-44-40-36-31-28-22-20-18-16-14-12-10-8-6-4-2/h12,14,18,20,58,62,67-68,72-73H,3-11,13,15-17,19,21-57,59-61,63-66H2,1-2H3,(H,71,74)/b14-12-,20-18-,62-58+. The zero-order valence-electron chi connectivity index (χ0n) is 51.3. The van der Waals surface area contributed by atoms with Crippen LogP contribution in [0.3, 0.4) is 0 Å². The molecule has 2 unspecified atom stereocenters. The second-order valence-electron chi connectivity index (χ2n) is 23.5. The Balaban J connectivity index is 3.44. The van der Waals surface area contributed by atoms with Crippen LogP contribution in [-0.4, -0.2) is 47.4 Å². The molecule has 2 atom stereocenters. The Morgan fingerprint density at radius 3 is 1.03 bits per heavy atom. The molecule has 0 aliphatic heterocycles. The second kappa shape index (κ2) is 65.6. The summed E-state index contributed by atoms with van der Waals surface area (Å²) >= 11 is 0. The van der Waals surface area contributed by atoms with Crippen LogP contribution in [0.5, 0.6) is 0 Å². The Morgan fingerprint density at radius 2 is 0.658 bits per heavy atom. The van der Waals surface area contributed by atoms with Gasteiger partial charge in [0.25, 0.3) is 0 Å². The Hall–Kier alpha value is -1.92. The molecule has 0 bridgehead atoms. The summed E-state index contributed by atoms with van der Waals surface area (Å²) in [6.45, 7) is 4.90. The number of ether oxygens (including phenoxy) is 1. The normalized spacial score (nSPS) is 12.7. The van der Waals surface area contributed by atoms with Crippen molar-refractivity contribution in [3.8, 4) is 0 Å². The average Bonchev–Trinajstić information content (AvgIpc) is 3.42. The molecule has 6 nitrogen and oxygen atoms in total. The number of carbonyl (C=O) groups excluding carboxylic acids is 2. The van der Waals surface area contributed by atoms with Gasteiger partial charge in [-0.15, -0.1) is 0 Å². The minimum atomic E-state index is -0.851. The number of hydrogen-bond donors (Lipinski definition) is 3. The maximum atomic E-state index is 12.5. The van der Waals surface area contributed by atoms with Crippen molar-refractivity contribution in [1.29, 1.82) is 0 Å². The molecular formula is C70H133NO5. The maximum Gasteiger partial charge on any atom is 0.305 e. The number of aliphatic hydroxyl groups excluding tert-OH is 2. The minimum absolute atomic E-state index is 0.000797. The molecule has 6 heteroatoms. The number of carbonyl (C=O) groups is 2. The molecule has 0 fully saturated rings. The van der Waals surface area contributed by atoms with Crippen LogP contribution in [0, 0.1) is 0 Å². The first-order chi connectivity index (χ1) is 37.5. The molecular weight excluding hydrogens is 935 g/mol. The molecule has 76 heavy (non-hydrogen) atoms. The van der Waals surface area contributed by atoms with Crippen molar-refractivity contribution in [3.63, 3.8) is 0 Å². The van der Waals surface area contributed by atoms with Gasteiger partial charge in [-0.05, 0) is 64.2 Å². The fraction of sp³-hybridized carbons (Fsp3) is 0.886. The fourth-order valence-electron chi connectivity index (χ4n) is 10.7. The lowest BCUT2D eigenvalue weighted by Gasteiger charge is -2.20. The number of unbranched alkanes of at least 4 members (excludes halogenated alkanes) is 49. The molecule has 0 saturated heterocycles.